The molecule has 0 aliphatic rings. The summed E-state index contributed by atoms with van der Waals surface area (Å²) in [5.41, 5.74) is 2.21. The molecule has 0 N–H and O–H groups in total. The van der Waals surface area contributed by atoms with E-state index in [1.807, 2.05) is 12.1 Å². The number of aromatic nitrogens is 2. The Morgan fingerprint density at radius 1 is 0.423 bits per heavy atom. The van der Waals surface area contributed by atoms with Crippen LogP contribution in [0.5, 0.6) is 34.5 Å². The van der Waals surface area contributed by atoms with Gasteiger partial charge in [0, 0.05) is 23.9 Å². The van der Waals surface area contributed by atoms with Gasteiger partial charge in [0.05, 0.1) is 75.5 Å². The fourth-order valence-electron chi connectivity index (χ4n) is 7.65. The maximum Gasteiger partial charge on any atom is 0.205 e. The van der Waals surface area contributed by atoms with Gasteiger partial charge in [0.1, 0.15) is 0 Å². The second-order valence-corrected chi connectivity index (χ2v) is 13.5. The molecule has 0 fully saturated rings. The van der Waals surface area contributed by atoms with Crippen LogP contribution >= 0.6 is 0 Å². The van der Waals surface area contributed by atoms with Gasteiger partial charge in [0.2, 0.25) is 11.5 Å². The van der Waals surface area contributed by atoms with Crippen LogP contribution in [0.3, 0.4) is 0 Å². The van der Waals surface area contributed by atoms with Crippen molar-refractivity contribution in [2.45, 2.75) is 104 Å². The number of benzene rings is 3. The third-order valence-electron chi connectivity index (χ3n) is 10.3. The molecule has 0 saturated carbocycles. The van der Waals surface area contributed by atoms with Crippen molar-refractivity contribution in [2.75, 3.05) is 42.7 Å². The van der Waals surface area contributed by atoms with Crippen molar-refractivity contribution < 1.29 is 28.4 Å². The van der Waals surface area contributed by atoms with E-state index in [4.69, 9.17) is 28.4 Å². The minimum absolute atomic E-state index is 0.178. The highest BCUT2D eigenvalue weighted by molar-refractivity contribution is 6.06. The van der Waals surface area contributed by atoms with Crippen molar-refractivity contribution in [1.82, 2.24) is 9.13 Å². The number of methoxy groups -OCH3 is 6. The van der Waals surface area contributed by atoms with E-state index >= 15 is 0 Å². The number of rotatable bonds is 20. The van der Waals surface area contributed by atoms with Crippen molar-refractivity contribution in [3.05, 3.63) is 44.7 Å². The molecular weight excluding hydrogens is 660 g/mol. The van der Waals surface area contributed by atoms with Crippen molar-refractivity contribution >= 4 is 43.6 Å². The van der Waals surface area contributed by atoms with E-state index in [-0.39, 0.29) is 10.9 Å². The van der Waals surface area contributed by atoms with Gasteiger partial charge in [-0.1, -0.05) is 78.1 Å². The fraction of sp³-hybridized carbons (Fsp3) is 0.524. The fourth-order valence-corrected chi connectivity index (χ4v) is 7.65. The quantitative estimate of drug-likeness (QED) is 0.0581. The van der Waals surface area contributed by atoms with Crippen molar-refractivity contribution in [3.8, 4) is 34.5 Å². The van der Waals surface area contributed by atoms with Crippen LogP contribution in [0.2, 0.25) is 0 Å². The lowest BCUT2D eigenvalue weighted by Gasteiger charge is -2.23. The summed E-state index contributed by atoms with van der Waals surface area (Å²) in [6, 6.07) is 7.26. The molecule has 2 heterocycles. The molecule has 0 aliphatic carbocycles. The SMILES string of the molecule is CCCCCCCCn1c2cc3c(=O)c4cc(OC)c(OC)c(OC)c4n(CCCCCCCC)c3cc2c(=O)c2cc(OC)c(OC)c(OC)c21. The minimum atomic E-state index is -0.178. The Bertz CT molecular complexity index is 2000. The van der Waals surface area contributed by atoms with E-state index in [2.05, 4.69) is 23.0 Å². The van der Waals surface area contributed by atoms with Gasteiger partial charge in [-0.2, -0.15) is 0 Å². The first-order chi connectivity index (χ1) is 25.3. The van der Waals surface area contributed by atoms with Gasteiger partial charge in [-0.15, -0.1) is 0 Å². The highest BCUT2D eigenvalue weighted by Crippen LogP contribution is 2.45. The summed E-state index contributed by atoms with van der Waals surface area (Å²) in [5.74, 6) is 2.48. The highest BCUT2D eigenvalue weighted by Gasteiger charge is 2.26. The molecule has 3 aromatic carbocycles. The summed E-state index contributed by atoms with van der Waals surface area (Å²) < 4.78 is 39.1. The number of fused-ring (bicyclic) bond motifs is 4. The average Bonchev–Trinajstić information content (AvgIpc) is 3.17. The monoisotopic (exact) mass is 716 g/mol. The van der Waals surface area contributed by atoms with E-state index in [1.165, 1.54) is 38.5 Å². The first-order valence-corrected chi connectivity index (χ1v) is 18.8. The lowest BCUT2D eigenvalue weighted by Crippen LogP contribution is -2.17. The smallest absolute Gasteiger partial charge is 0.205 e. The Morgan fingerprint density at radius 3 is 1.10 bits per heavy atom. The molecule has 0 amide bonds. The molecule has 0 spiro atoms. The number of pyridine rings is 2. The van der Waals surface area contributed by atoms with Crippen LogP contribution in [0.15, 0.2) is 33.9 Å². The molecule has 0 atom stereocenters. The Hall–Kier alpha value is -4.60. The molecule has 2 aromatic heterocycles. The summed E-state index contributed by atoms with van der Waals surface area (Å²) in [5, 5.41) is 1.94. The number of nitrogens with zero attached hydrogens (tertiary/aromatic N) is 2. The van der Waals surface area contributed by atoms with Gasteiger partial charge in [0.25, 0.3) is 0 Å². The van der Waals surface area contributed by atoms with Crippen LogP contribution in [-0.2, 0) is 13.1 Å². The zero-order valence-corrected chi connectivity index (χ0v) is 32.4. The van der Waals surface area contributed by atoms with Gasteiger partial charge in [-0.3, -0.25) is 9.59 Å². The van der Waals surface area contributed by atoms with Gasteiger partial charge in [-0.05, 0) is 37.1 Å². The standard InChI is InChI=1S/C42H56N2O8/c1-9-11-13-15-17-19-21-43-31-23-28-32(24-27(31)37(45)29-25-33(47-3)39(49-5)41(51-7)35(29)43)44(22-20-18-16-14-12-10-2)36-30(38(28)46)26-34(48-4)40(50-6)42(36)52-8/h23-26H,9-22H2,1-8H3. The number of hydrogen-bond donors (Lipinski definition) is 0. The van der Waals surface area contributed by atoms with Crippen LogP contribution in [0.4, 0.5) is 0 Å². The number of ether oxygens (including phenoxy) is 6. The molecular formula is C42H56N2O8. The molecule has 0 bridgehead atoms. The van der Waals surface area contributed by atoms with Crippen LogP contribution in [-0.4, -0.2) is 51.8 Å². The van der Waals surface area contributed by atoms with E-state index in [1.54, 1.807) is 54.8 Å². The van der Waals surface area contributed by atoms with Gasteiger partial charge >= 0.3 is 0 Å². The van der Waals surface area contributed by atoms with Gasteiger partial charge in [0.15, 0.2) is 33.9 Å². The van der Waals surface area contributed by atoms with Crippen LogP contribution < -0.4 is 39.3 Å². The zero-order chi connectivity index (χ0) is 37.4. The Labute approximate surface area is 306 Å². The normalized spacial score (nSPS) is 11.5. The number of aryl methyl sites for hydroxylation is 2. The molecule has 5 aromatic rings. The molecule has 5 rings (SSSR count). The molecule has 0 radical (unpaired) electrons. The lowest BCUT2D eigenvalue weighted by molar-refractivity contribution is 0.326. The molecule has 0 saturated heterocycles. The Kier molecular flexibility index (Phi) is 13.2. The van der Waals surface area contributed by atoms with E-state index in [0.717, 1.165) is 38.5 Å². The van der Waals surface area contributed by atoms with Crippen molar-refractivity contribution in [2.24, 2.45) is 0 Å². The summed E-state index contributed by atoms with van der Waals surface area (Å²) >= 11 is 0. The maximum atomic E-state index is 14.7. The number of hydrogen-bond acceptors (Lipinski definition) is 8. The predicted octanol–water partition coefficient (Wildman–Crippen LogP) is 9.40. The van der Waals surface area contributed by atoms with Crippen LogP contribution in [0.25, 0.3) is 43.6 Å². The van der Waals surface area contributed by atoms with Gasteiger partial charge < -0.3 is 37.6 Å². The second kappa shape index (κ2) is 17.8. The third kappa shape index (κ3) is 7.21. The van der Waals surface area contributed by atoms with Crippen molar-refractivity contribution in [3.63, 3.8) is 0 Å². The summed E-state index contributed by atoms with van der Waals surface area (Å²) in [6.07, 6.45) is 13.3. The number of unbranched alkanes of at least 4 members (excludes halogenated alkanes) is 10. The topological polar surface area (TPSA) is 99.4 Å². The van der Waals surface area contributed by atoms with E-state index in [0.29, 0.717) is 91.2 Å². The highest BCUT2D eigenvalue weighted by atomic mass is 16.5. The summed E-state index contributed by atoms with van der Waals surface area (Å²) in [6.45, 7) is 5.67. The maximum absolute atomic E-state index is 14.7. The Morgan fingerprint density at radius 2 is 0.769 bits per heavy atom. The predicted molar refractivity (Wildman–Crippen MR) is 211 cm³/mol. The van der Waals surface area contributed by atoms with Gasteiger partial charge in [-0.25, -0.2) is 0 Å². The lowest BCUT2D eigenvalue weighted by atomic mass is 10.0. The average molecular weight is 717 g/mol. The summed E-state index contributed by atoms with van der Waals surface area (Å²) in [7, 11) is 9.37. The minimum Gasteiger partial charge on any atom is -0.493 e. The molecule has 10 heteroatoms. The molecule has 282 valence electrons. The van der Waals surface area contributed by atoms with E-state index in [9.17, 15) is 9.59 Å². The van der Waals surface area contributed by atoms with Crippen LogP contribution in [0.1, 0.15) is 90.9 Å². The first kappa shape index (κ1) is 38.6. The molecule has 0 aliphatic heterocycles. The largest absolute Gasteiger partial charge is 0.493 e. The molecule has 0 unspecified atom stereocenters. The zero-order valence-electron chi connectivity index (χ0n) is 32.4. The summed E-state index contributed by atoms with van der Waals surface area (Å²) in [4.78, 5) is 29.4. The van der Waals surface area contributed by atoms with Crippen molar-refractivity contribution in [1.29, 1.82) is 0 Å². The molecule has 10 nitrogen and oxygen atoms in total. The third-order valence-corrected chi connectivity index (χ3v) is 10.3. The Balaban J connectivity index is 1.89. The first-order valence-electron chi connectivity index (χ1n) is 18.8. The molecule has 52 heavy (non-hydrogen) atoms. The van der Waals surface area contributed by atoms with Crippen LogP contribution in [0, 0.1) is 0 Å². The second-order valence-electron chi connectivity index (χ2n) is 13.5. The van der Waals surface area contributed by atoms with E-state index < -0.39 is 0 Å².